The third kappa shape index (κ3) is 4.63. The van der Waals surface area contributed by atoms with Gasteiger partial charge >= 0.3 is 5.97 Å². The molecule has 7 nitrogen and oxygen atoms in total. The summed E-state index contributed by atoms with van der Waals surface area (Å²) in [6, 6.07) is 14.3. The molecule has 3 aromatic rings. The van der Waals surface area contributed by atoms with Gasteiger partial charge in [0.1, 0.15) is 6.10 Å². The molecule has 1 saturated carbocycles. The number of hydrogen-bond acceptors (Lipinski definition) is 4. The summed E-state index contributed by atoms with van der Waals surface area (Å²) in [4.78, 5) is 24.2. The number of para-hydroxylation sites is 2. The van der Waals surface area contributed by atoms with Crippen molar-refractivity contribution in [1.82, 2.24) is 4.57 Å². The third-order valence-corrected chi connectivity index (χ3v) is 6.95. The molecular formula is C26H32N3O4+. The van der Waals surface area contributed by atoms with Gasteiger partial charge < -0.3 is 4.74 Å². The topological polar surface area (TPSA) is 78.2 Å². The quantitative estimate of drug-likeness (QED) is 0.228. The van der Waals surface area contributed by atoms with Gasteiger partial charge in [0.15, 0.2) is 17.6 Å². The van der Waals surface area contributed by atoms with Crippen LogP contribution in [0.3, 0.4) is 0 Å². The number of aromatic nitrogens is 2. The van der Waals surface area contributed by atoms with Gasteiger partial charge in [-0.25, -0.2) is 13.9 Å². The van der Waals surface area contributed by atoms with Crippen molar-refractivity contribution in [3.8, 4) is 11.4 Å². The molecule has 7 heteroatoms. The Hall–Kier alpha value is -3.22. The molecule has 3 atom stereocenters. The summed E-state index contributed by atoms with van der Waals surface area (Å²) in [7, 11) is 1.91. The SMILES string of the molecule is CC(C)[C@@H]1CC[C@@H](C)C[C@H]1OC(=O)Cn1c(-c2cccc([N+](=O)[O-])c2)[n+](C)c2ccccc21. The molecule has 0 radical (unpaired) electrons. The van der Waals surface area contributed by atoms with E-state index in [0.717, 1.165) is 29.7 Å². The van der Waals surface area contributed by atoms with E-state index in [0.29, 0.717) is 23.3 Å². The number of nitro benzene ring substituents is 1. The standard InChI is InChI=1S/C26H32N3O4/c1-17(2)21-13-12-18(3)14-24(21)33-25(30)16-28-23-11-6-5-10-22(23)27(4)26(28)19-8-7-9-20(15-19)29(31)32/h5-11,15,17-18,21,24H,12-14,16H2,1-4H3/q+1/t18-,21+,24-/m1/s1. The zero-order valence-electron chi connectivity index (χ0n) is 19.7. The van der Waals surface area contributed by atoms with Crippen molar-refractivity contribution in [2.24, 2.45) is 24.8 Å². The summed E-state index contributed by atoms with van der Waals surface area (Å²) in [6.07, 6.45) is 3.08. The number of hydrogen-bond donors (Lipinski definition) is 0. The Morgan fingerprint density at radius 3 is 2.70 bits per heavy atom. The maximum atomic E-state index is 13.2. The van der Waals surface area contributed by atoms with Crippen LogP contribution in [0, 0.1) is 27.9 Å². The summed E-state index contributed by atoms with van der Waals surface area (Å²) >= 11 is 0. The number of benzene rings is 2. The lowest BCUT2D eigenvalue weighted by atomic mass is 9.75. The number of carbonyl (C=O) groups is 1. The van der Waals surface area contributed by atoms with Crippen LogP contribution in [0.15, 0.2) is 48.5 Å². The van der Waals surface area contributed by atoms with Gasteiger partial charge in [0, 0.05) is 12.1 Å². The first kappa shape index (κ1) is 23.0. The first-order valence-electron chi connectivity index (χ1n) is 11.7. The largest absolute Gasteiger partial charge is 0.459 e. The van der Waals surface area contributed by atoms with E-state index < -0.39 is 4.92 Å². The summed E-state index contributed by atoms with van der Waals surface area (Å²) < 4.78 is 9.96. The zero-order chi connectivity index (χ0) is 23.7. The highest BCUT2D eigenvalue weighted by Crippen LogP contribution is 2.35. The molecule has 33 heavy (non-hydrogen) atoms. The lowest BCUT2D eigenvalue weighted by Gasteiger charge is -2.36. The number of ether oxygens (including phenoxy) is 1. The second kappa shape index (κ2) is 9.33. The number of fused-ring (bicyclic) bond motifs is 1. The van der Waals surface area contributed by atoms with Crippen LogP contribution < -0.4 is 4.57 Å². The smallest absolute Gasteiger partial charge is 0.348 e. The Morgan fingerprint density at radius 2 is 1.97 bits per heavy atom. The predicted molar refractivity (Wildman–Crippen MR) is 126 cm³/mol. The average Bonchev–Trinajstić information content (AvgIpc) is 3.05. The number of non-ortho nitro benzene ring substituents is 1. The lowest BCUT2D eigenvalue weighted by molar-refractivity contribution is -0.634. The second-order valence-corrected chi connectivity index (χ2v) is 9.62. The number of carbonyl (C=O) groups excluding carboxylic acids is 1. The summed E-state index contributed by atoms with van der Waals surface area (Å²) in [6.45, 7) is 6.66. The minimum absolute atomic E-state index is 0.0165. The minimum Gasteiger partial charge on any atom is -0.459 e. The van der Waals surface area contributed by atoms with Gasteiger partial charge in [-0.3, -0.25) is 10.1 Å². The Balaban J connectivity index is 1.70. The summed E-state index contributed by atoms with van der Waals surface area (Å²) in [5, 5.41) is 11.4. The van der Waals surface area contributed by atoms with Crippen LogP contribution in [0.1, 0.15) is 40.0 Å². The van der Waals surface area contributed by atoms with E-state index in [9.17, 15) is 14.9 Å². The number of rotatable bonds is 6. The molecule has 1 aromatic heterocycles. The fourth-order valence-electron chi connectivity index (χ4n) is 5.24. The van der Waals surface area contributed by atoms with Gasteiger partial charge in [-0.2, -0.15) is 0 Å². The Labute approximate surface area is 194 Å². The van der Waals surface area contributed by atoms with Gasteiger partial charge in [-0.05, 0) is 48.8 Å². The second-order valence-electron chi connectivity index (χ2n) is 9.62. The third-order valence-electron chi connectivity index (χ3n) is 6.95. The molecule has 4 rings (SSSR count). The molecule has 0 unspecified atom stereocenters. The fraction of sp³-hybridized carbons (Fsp3) is 0.462. The van der Waals surface area contributed by atoms with Gasteiger partial charge in [0.25, 0.3) is 11.5 Å². The number of imidazole rings is 1. The summed E-state index contributed by atoms with van der Waals surface area (Å²) in [5.74, 6) is 1.84. The first-order chi connectivity index (χ1) is 15.8. The van der Waals surface area contributed by atoms with E-state index in [4.69, 9.17) is 4.74 Å². The lowest BCUT2D eigenvalue weighted by Crippen LogP contribution is -2.37. The normalized spacial score (nSPS) is 20.8. The van der Waals surface area contributed by atoms with Crippen molar-refractivity contribution in [2.45, 2.75) is 52.7 Å². The molecule has 0 saturated heterocycles. The van der Waals surface area contributed by atoms with Gasteiger partial charge in [0.2, 0.25) is 0 Å². The Kier molecular flexibility index (Phi) is 6.49. The van der Waals surface area contributed by atoms with Crippen molar-refractivity contribution in [3.05, 3.63) is 58.6 Å². The van der Waals surface area contributed by atoms with Crippen molar-refractivity contribution in [2.75, 3.05) is 0 Å². The maximum absolute atomic E-state index is 13.2. The van der Waals surface area contributed by atoms with E-state index in [1.807, 2.05) is 46.5 Å². The van der Waals surface area contributed by atoms with Crippen LogP contribution in [0.4, 0.5) is 5.69 Å². The highest BCUT2D eigenvalue weighted by atomic mass is 16.6. The molecule has 0 spiro atoms. The van der Waals surface area contributed by atoms with Crippen LogP contribution in [-0.4, -0.2) is 21.6 Å². The molecule has 1 fully saturated rings. The highest BCUT2D eigenvalue weighted by molar-refractivity contribution is 5.80. The molecule has 0 N–H and O–H groups in total. The van der Waals surface area contributed by atoms with E-state index in [-0.39, 0.29) is 24.3 Å². The Morgan fingerprint density at radius 1 is 1.21 bits per heavy atom. The number of nitro groups is 1. The minimum atomic E-state index is -0.402. The number of aryl methyl sites for hydroxylation is 1. The summed E-state index contributed by atoms with van der Waals surface area (Å²) in [5.41, 5.74) is 2.53. The van der Waals surface area contributed by atoms with Crippen molar-refractivity contribution < 1.29 is 19.0 Å². The molecule has 2 aromatic carbocycles. The van der Waals surface area contributed by atoms with E-state index in [1.54, 1.807) is 12.1 Å². The van der Waals surface area contributed by atoms with Gasteiger partial charge in [-0.15, -0.1) is 0 Å². The molecule has 0 amide bonds. The molecule has 1 aliphatic carbocycles. The predicted octanol–water partition coefficient (Wildman–Crippen LogP) is 5.05. The van der Waals surface area contributed by atoms with Crippen molar-refractivity contribution in [3.63, 3.8) is 0 Å². The van der Waals surface area contributed by atoms with E-state index in [1.165, 1.54) is 12.5 Å². The molecule has 1 heterocycles. The van der Waals surface area contributed by atoms with E-state index in [2.05, 4.69) is 20.8 Å². The van der Waals surface area contributed by atoms with Crippen LogP contribution >= 0.6 is 0 Å². The van der Waals surface area contributed by atoms with Crippen LogP contribution in [0.25, 0.3) is 22.4 Å². The van der Waals surface area contributed by atoms with Crippen molar-refractivity contribution >= 4 is 22.7 Å². The monoisotopic (exact) mass is 450 g/mol. The van der Waals surface area contributed by atoms with Crippen LogP contribution in [0.5, 0.6) is 0 Å². The van der Waals surface area contributed by atoms with Gasteiger partial charge in [0.05, 0.1) is 17.5 Å². The molecule has 0 aliphatic heterocycles. The Bertz CT molecular complexity index is 1180. The molecule has 174 valence electrons. The molecule has 1 aliphatic rings. The first-order valence-corrected chi connectivity index (χ1v) is 11.7. The average molecular weight is 451 g/mol. The maximum Gasteiger partial charge on any atom is 0.348 e. The van der Waals surface area contributed by atoms with Crippen LogP contribution in [-0.2, 0) is 23.1 Å². The van der Waals surface area contributed by atoms with E-state index >= 15 is 0 Å². The molecule has 0 bridgehead atoms. The van der Waals surface area contributed by atoms with Crippen LogP contribution in [0.2, 0.25) is 0 Å². The zero-order valence-corrected chi connectivity index (χ0v) is 19.7. The highest BCUT2D eigenvalue weighted by Gasteiger charge is 2.35. The fourth-order valence-corrected chi connectivity index (χ4v) is 5.24. The van der Waals surface area contributed by atoms with Gasteiger partial charge in [-0.1, -0.05) is 45.4 Å². The number of esters is 1. The van der Waals surface area contributed by atoms with Crippen molar-refractivity contribution in [1.29, 1.82) is 0 Å². The number of nitrogens with zero attached hydrogens (tertiary/aromatic N) is 3. The molecular weight excluding hydrogens is 418 g/mol.